The molecule has 6 heteroatoms. The highest BCUT2D eigenvalue weighted by Gasteiger charge is 2.19. The molecule has 0 aromatic heterocycles. The number of unbranched alkanes of at least 4 members (excludes halogenated alkanes) is 35. The van der Waals surface area contributed by atoms with Crippen LogP contribution in [-0.4, -0.2) is 37.2 Å². The van der Waals surface area contributed by atoms with Crippen LogP contribution in [-0.2, 0) is 28.6 Å². The van der Waals surface area contributed by atoms with E-state index in [2.05, 4.69) is 81.5 Å². The van der Waals surface area contributed by atoms with Crippen molar-refractivity contribution in [2.75, 3.05) is 13.2 Å². The van der Waals surface area contributed by atoms with Crippen LogP contribution in [0.5, 0.6) is 0 Å². The Hall–Kier alpha value is -2.89. The summed E-state index contributed by atoms with van der Waals surface area (Å²) in [5.74, 6) is -0.886. The fourth-order valence-electron chi connectivity index (χ4n) is 8.79. The standard InChI is InChI=1S/C65H116O6/c1-4-7-10-13-16-19-22-25-28-31-34-37-40-43-46-49-52-55-58-64(67)70-61-62(60-69-63(66)57-54-51-48-45-42-39-36-33-30-27-24-21-18-15-12-9-6-3)71-65(68)59-56-53-50-47-44-41-38-35-32-29-26-23-20-17-14-11-8-5-2/h19-20,22-23,27-32,62H,4-18,21,24-26,33-61H2,1-3H3/b22-19-,23-20-,30-27-,31-28-,32-29-. The van der Waals surface area contributed by atoms with Crippen molar-refractivity contribution in [1.29, 1.82) is 0 Å². The smallest absolute Gasteiger partial charge is 0.306 e. The Labute approximate surface area is 440 Å². The van der Waals surface area contributed by atoms with Crippen molar-refractivity contribution in [2.45, 2.75) is 322 Å². The minimum atomic E-state index is -0.784. The minimum absolute atomic E-state index is 0.0810. The predicted octanol–water partition coefficient (Wildman–Crippen LogP) is 20.8. The summed E-state index contributed by atoms with van der Waals surface area (Å²) in [6, 6.07) is 0. The Kier molecular flexibility index (Phi) is 57.2. The first kappa shape index (κ1) is 68.1. The van der Waals surface area contributed by atoms with Gasteiger partial charge in [-0.15, -0.1) is 0 Å². The fourth-order valence-corrected chi connectivity index (χ4v) is 8.79. The highest BCUT2D eigenvalue weighted by molar-refractivity contribution is 5.71. The summed E-state index contributed by atoms with van der Waals surface area (Å²) in [7, 11) is 0. The summed E-state index contributed by atoms with van der Waals surface area (Å²) in [5.41, 5.74) is 0. The number of hydrogen-bond donors (Lipinski definition) is 0. The first-order valence-corrected chi connectivity index (χ1v) is 30.8. The molecular weight excluding hydrogens is 877 g/mol. The molecule has 0 saturated heterocycles. The summed E-state index contributed by atoms with van der Waals surface area (Å²) in [4.78, 5) is 38.3. The van der Waals surface area contributed by atoms with Crippen LogP contribution in [0.25, 0.3) is 0 Å². The monoisotopic (exact) mass is 993 g/mol. The van der Waals surface area contributed by atoms with Crippen molar-refractivity contribution >= 4 is 17.9 Å². The van der Waals surface area contributed by atoms with Crippen LogP contribution < -0.4 is 0 Å². The molecule has 0 aliphatic carbocycles. The molecule has 0 amide bonds. The van der Waals surface area contributed by atoms with Gasteiger partial charge in [-0.05, 0) is 109 Å². The van der Waals surface area contributed by atoms with Crippen molar-refractivity contribution in [3.63, 3.8) is 0 Å². The van der Waals surface area contributed by atoms with Gasteiger partial charge in [0.15, 0.2) is 6.10 Å². The molecule has 0 aromatic rings. The third-order valence-corrected chi connectivity index (χ3v) is 13.5. The van der Waals surface area contributed by atoms with E-state index in [9.17, 15) is 14.4 Å². The van der Waals surface area contributed by atoms with E-state index >= 15 is 0 Å². The van der Waals surface area contributed by atoms with Crippen molar-refractivity contribution in [1.82, 2.24) is 0 Å². The van der Waals surface area contributed by atoms with Crippen LogP contribution in [0.4, 0.5) is 0 Å². The number of rotatable bonds is 56. The van der Waals surface area contributed by atoms with Gasteiger partial charge in [-0.25, -0.2) is 0 Å². The van der Waals surface area contributed by atoms with Gasteiger partial charge in [0.05, 0.1) is 0 Å². The fraction of sp³-hybridized carbons (Fsp3) is 0.800. The first-order chi connectivity index (χ1) is 35.0. The molecule has 0 fully saturated rings. The van der Waals surface area contributed by atoms with E-state index in [1.165, 1.54) is 193 Å². The van der Waals surface area contributed by atoms with E-state index in [1.807, 2.05) is 0 Å². The molecule has 1 unspecified atom stereocenters. The lowest BCUT2D eigenvalue weighted by atomic mass is 10.1. The van der Waals surface area contributed by atoms with E-state index < -0.39 is 6.10 Å². The zero-order chi connectivity index (χ0) is 51.4. The lowest BCUT2D eigenvalue weighted by Crippen LogP contribution is -2.30. The molecule has 6 nitrogen and oxygen atoms in total. The lowest BCUT2D eigenvalue weighted by molar-refractivity contribution is -0.167. The Balaban J connectivity index is 4.40. The van der Waals surface area contributed by atoms with Gasteiger partial charge in [0.1, 0.15) is 13.2 Å². The van der Waals surface area contributed by atoms with E-state index in [-0.39, 0.29) is 31.1 Å². The molecule has 0 aliphatic rings. The van der Waals surface area contributed by atoms with Gasteiger partial charge in [-0.1, -0.05) is 248 Å². The van der Waals surface area contributed by atoms with Gasteiger partial charge in [0, 0.05) is 19.3 Å². The summed E-state index contributed by atoms with van der Waals surface area (Å²) in [5, 5.41) is 0. The Bertz CT molecular complexity index is 1280. The first-order valence-electron chi connectivity index (χ1n) is 30.8. The average Bonchev–Trinajstić information content (AvgIpc) is 3.37. The molecule has 0 bridgehead atoms. The van der Waals surface area contributed by atoms with Crippen LogP contribution >= 0.6 is 0 Å². The minimum Gasteiger partial charge on any atom is -0.462 e. The van der Waals surface area contributed by atoms with Crippen molar-refractivity contribution < 1.29 is 28.6 Å². The highest BCUT2D eigenvalue weighted by atomic mass is 16.6. The largest absolute Gasteiger partial charge is 0.462 e. The number of esters is 3. The number of carbonyl (C=O) groups is 3. The quantitative estimate of drug-likeness (QED) is 0.0261. The molecule has 412 valence electrons. The highest BCUT2D eigenvalue weighted by Crippen LogP contribution is 2.16. The maximum absolute atomic E-state index is 12.9. The van der Waals surface area contributed by atoms with Crippen LogP contribution in [0.2, 0.25) is 0 Å². The Morgan fingerprint density at radius 1 is 0.282 bits per heavy atom. The summed E-state index contributed by atoms with van der Waals surface area (Å²) in [6.07, 6.45) is 74.9. The number of hydrogen-bond acceptors (Lipinski definition) is 6. The van der Waals surface area contributed by atoms with Gasteiger partial charge in [0.25, 0.3) is 0 Å². The van der Waals surface area contributed by atoms with E-state index in [0.29, 0.717) is 19.3 Å². The van der Waals surface area contributed by atoms with Crippen molar-refractivity contribution in [3.05, 3.63) is 60.8 Å². The second-order valence-corrected chi connectivity index (χ2v) is 20.6. The second kappa shape index (κ2) is 59.7. The molecule has 0 rings (SSSR count). The SMILES string of the molecule is CCCCCC/C=C\C/C=C\CCCCCCCCCC(=O)OCC(COC(=O)CCCCCCCCC/C=C\CCCCCCCC)OC(=O)CCCCCCCCC/C=C\C/C=C\CCCCCC. The van der Waals surface area contributed by atoms with Gasteiger partial charge < -0.3 is 14.2 Å². The zero-order valence-corrected chi connectivity index (χ0v) is 47.2. The van der Waals surface area contributed by atoms with Gasteiger partial charge >= 0.3 is 17.9 Å². The van der Waals surface area contributed by atoms with Crippen LogP contribution in [0.1, 0.15) is 316 Å². The Morgan fingerprint density at radius 2 is 0.507 bits per heavy atom. The normalized spacial score (nSPS) is 12.4. The van der Waals surface area contributed by atoms with Crippen LogP contribution in [0.3, 0.4) is 0 Å². The molecule has 0 saturated carbocycles. The van der Waals surface area contributed by atoms with Crippen molar-refractivity contribution in [3.8, 4) is 0 Å². The van der Waals surface area contributed by atoms with Gasteiger partial charge in [0.2, 0.25) is 0 Å². The summed E-state index contributed by atoms with van der Waals surface area (Å²) >= 11 is 0. The van der Waals surface area contributed by atoms with Crippen molar-refractivity contribution in [2.24, 2.45) is 0 Å². The lowest BCUT2D eigenvalue weighted by Gasteiger charge is -2.18. The summed E-state index contributed by atoms with van der Waals surface area (Å²) in [6.45, 7) is 6.62. The molecule has 0 radical (unpaired) electrons. The third-order valence-electron chi connectivity index (χ3n) is 13.5. The van der Waals surface area contributed by atoms with E-state index in [0.717, 1.165) is 83.5 Å². The Morgan fingerprint density at radius 3 is 0.803 bits per heavy atom. The second-order valence-electron chi connectivity index (χ2n) is 20.6. The predicted molar refractivity (Wildman–Crippen MR) is 307 cm³/mol. The van der Waals surface area contributed by atoms with Crippen LogP contribution in [0.15, 0.2) is 60.8 Å². The third kappa shape index (κ3) is 57.9. The number of ether oxygens (including phenoxy) is 3. The molecule has 0 N–H and O–H groups in total. The molecule has 0 aromatic carbocycles. The maximum Gasteiger partial charge on any atom is 0.306 e. The molecule has 1 atom stereocenters. The van der Waals surface area contributed by atoms with Crippen LogP contribution in [0, 0.1) is 0 Å². The molecular formula is C65H116O6. The number of allylic oxidation sites excluding steroid dienone is 10. The molecule has 0 aliphatic heterocycles. The molecule has 0 spiro atoms. The maximum atomic E-state index is 12.9. The number of carbonyl (C=O) groups excluding carboxylic acids is 3. The van der Waals surface area contributed by atoms with E-state index in [1.54, 1.807) is 0 Å². The zero-order valence-electron chi connectivity index (χ0n) is 47.2. The molecule has 0 heterocycles. The molecule has 71 heavy (non-hydrogen) atoms. The van der Waals surface area contributed by atoms with Gasteiger partial charge in [-0.3, -0.25) is 14.4 Å². The van der Waals surface area contributed by atoms with E-state index in [4.69, 9.17) is 14.2 Å². The van der Waals surface area contributed by atoms with Gasteiger partial charge in [-0.2, -0.15) is 0 Å². The average molecular weight is 994 g/mol. The summed E-state index contributed by atoms with van der Waals surface area (Å²) < 4.78 is 16.9. The topological polar surface area (TPSA) is 78.9 Å².